The molecule has 98 valence electrons. The third kappa shape index (κ3) is 3.79. The van der Waals surface area contributed by atoms with Crippen molar-refractivity contribution in [3.05, 3.63) is 48.5 Å². The zero-order chi connectivity index (χ0) is 13.5. The third-order valence-corrected chi connectivity index (χ3v) is 3.02. The lowest BCUT2D eigenvalue weighted by Crippen LogP contribution is -1.99. The molecular weight excluding hydrogens is 258 g/mol. The standard InChI is InChI=1S/C14H15N3OS/c1-3-18-12-6-7-13(16-10-12)14(19-2)17-11-5-4-8-15-9-11/h4-10H,3H2,1-2H3. The molecule has 0 bridgehead atoms. The molecule has 0 aliphatic carbocycles. The topological polar surface area (TPSA) is 47.4 Å². The highest BCUT2D eigenvalue weighted by molar-refractivity contribution is 8.13. The second-order valence-electron chi connectivity index (χ2n) is 3.64. The summed E-state index contributed by atoms with van der Waals surface area (Å²) < 4.78 is 5.37. The first-order valence-electron chi connectivity index (χ1n) is 5.95. The summed E-state index contributed by atoms with van der Waals surface area (Å²) in [5.74, 6) is 0.771. The summed E-state index contributed by atoms with van der Waals surface area (Å²) in [6, 6.07) is 7.59. The molecule has 2 rings (SSSR count). The first-order valence-corrected chi connectivity index (χ1v) is 7.18. The molecule has 2 aromatic rings. The van der Waals surface area contributed by atoms with E-state index in [4.69, 9.17) is 4.74 Å². The summed E-state index contributed by atoms with van der Waals surface area (Å²) in [5, 5.41) is 0.857. The summed E-state index contributed by atoms with van der Waals surface area (Å²) in [4.78, 5) is 13.0. The van der Waals surface area contributed by atoms with Crippen molar-refractivity contribution in [2.45, 2.75) is 6.92 Å². The molecule has 0 fully saturated rings. The van der Waals surface area contributed by atoms with Crippen LogP contribution in [0.25, 0.3) is 0 Å². The highest BCUT2D eigenvalue weighted by Crippen LogP contribution is 2.18. The molecule has 0 aliphatic rings. The Bertz CT molecular complexity index is 540. The van der Waals surface area contributed by atoms with Crippen molar-refractivity contribution in [1.29, 1.82) is 0 Å². The molecule has 0 saturated heterocycles. The van der Waals surface area contributed by atoms with Crippen molar-refractivity contribution < 1.29 is 4.74 Å². The second-order valence-corrected chi connectivity index (χ2v) is 4.44. The summed E-state index contributed by atoms with van der Waals surface area (Å²) >= 11 is 1.56. The van der Waals surface area contributed by atoms with Crippen molar-refractivity contribution in [3.8, 4) is 5.75 Å². The minimum absolute atomic E-state index is 0.639. The summed E-state index contributed by atoms with van der Waals surface area (Å²) in [6.07, 6.45) is 7.15. The first kappa shape index (κ1) is 13.5. The Morgan fingerprint density at radius 3 is 2.79 bits per heavy atom. The Kier molecular flexibility index (Phi) is 4.92. The van der Waals surface area contributed by atoms with Crippen molar-refractivity contribution >= 4 is 22.5 Å². The van der Waals surface area contributed by atoms with Crippen LogP contribution in [0.15, 0.2) is 47.8 Å². The number of hydrogen-bond acceptors (Lipinski definition) is 5. The van der Waals surface area contributed by atoms with Gasteiger partial charge in [0, 0.05) is 6.20 Å². The van der Waals surface area contributed by atoms with Crippen LogP contribution in [-0.2, 0) is 0 Å². The molecule has 0 spiro atoms. The van der Waals surface area contributed by atoms with Gasteiger partial charge in [-0.2, -0.15) is 0 Å². The quantitative estimate of drug-likeness (QED) is 0.633. The first-order chi connectivity index (χ1) is 9.33. The van der Waals surface area contributed by atoms with Crippen LogP contribution >= 0.6 is 11.8 Å². The Balaban J connectivity index is 2.24. The van der Waals surface area contributed by atoms with Crippen LogP contribution in [0.3, 0.4) is 0 Å². The number of nitrogens with zero attached hydrogens (tertiary/aromatic N) is 3. The second kappa shape index (κ2) is 6.89. The van der Waals surface area contributed by atoms with Gasteiger partial charge in [-0.05, 0) is 37.4 Å². The van der Waals surface area contributed by atoms with E-state index in [1.165, 1.54) is 0 Å². The molecule has 19 heavy (non-hydrogen) atoms. The lowest BCUT2D eigenvalue weighted by atomic mass is 10.3. The van der Waals surface area contributed by atoms with Crippen LogP contribution in [0.5, 0.6) is 5.75 Å². The van der Waals surface area contributed by atoms with Crippen molar-refractivity contribution in [1.82, 2.24) is 9.97 Å². The van der Waals surface area contributed by atoms with E-state index in [9.17, 15) is 0 Å². The minimum Gasteiger partial charge on any atom is -0.492 e. The smallest absolute Gasteiger partial charge is 0.137 e. The number of rotatable bonds is 4. The molecular formula is C14H15N3OS. The molecule has 0 saturated carbocycles. The summed E-state index contributed by atoms with van der Waals surface area (Å²) in [5.41, 5.74) is 1.65. The molecule has 4 nitrogen and oxygen atoms in total. The predicted octanol–water partition coefficient (Wildman–Crippen LogP) is 3.32. The molecule has 0 amide bonds. The van der Waals surface area contributed by atoms with E-state index >= 15 is 0 Å². The Morgan fingerprint density at radius 1 is 1.32 bits per heavy atom. The maximum absolute atomic E-state index is 5.37. The molecule has 2 heterocycles. The maximum atomic E-state index is 5.37. The lowest BCUT2D eigenvalue weighted by Gasteiger charge is -2.05. The number of hydrogen-bond donors (Lipinski definition) is 0. The van der Waals surface area contributed by atoms with Gasteiger partial charge in [0.2, 0.25) is 0 Å². The molecule has 0 radical (unpaired) electrons. The number of pyridine rings is 2. The number of aliphatic imine (C=N–C) groups is 1. The van der Waals surface area contributed by atoms with Gasteiger partial charge in [-0.25, -0.2) is 4.99 Å². The van der Waals surface area contributed by atoms with Crippen LogP contribution in [0.2, 0.25) is 0 Å². The average Bonchev–Trinajstić information content (AvgIpc) is 2.47. The molecule has 0 atom stereocenters. The highest BCUT2D eigenvalue weighted by Gasteiger charge is 2.04. The van der Waals surface area contributed by atoms with Crippen molar-refractivity contribution in [2.24, 2.45) is 4.99 Å². The van der Waals surface area contributed by atoms with Crippen molar-refractivity contribution in [3.63, 3.8) is 0 Å². The van der Waals surface area contributed by atoms with Gasteiger partial charge in [0.1, 0.15) is 10.8 Å². The molecule has 0 unspecified atom stereocenters. The predicted molar refractivity (Wildman–Crippen MR) is 79.4 cm³/mol. The lowest BCUT2D eigenvalue weighted by molar-refractivity contribution is 0.339. The minimum atomic E-state index is 0.639. The van der Waals surface area contributed by atoms with Crippen LogP contribution in [0, 0.1) is 0 Å². The Hall–Kier alpha value is -1.88. The molecule has 0 N–H and O–H groups in total. The number of aromatic nitrogens is 2. The Labute approximate surface area is 117 Å². The fraction of sp³-hybridized carbons (Fsp3) is 0.214. The fourth-order valence-electron chi connectivity index (χ4n) is 1.50. The molecule has 0 aromatic carbocycles. The van der Waals surface area contributed by atoms with Gasteiger partial charge in [-0.15, -0.1) is 11.8 Å². The fourth-order valence-corrected chi connectivity index (χ4v) is 2.03. The SMILES string of the molecule is CCOc1ccc(C(=Nc2cccnc2)SC)nc1. The van der Waals surface area contributed by atoms with Crippen molar-refractivity contribution in [2.75, 3.05) is 12.9 Å². The van der Waals surface area contributed by atoms with Gasteiger partial charge in [0.25, 0.3) is 0 Å². The summed E-state index contributed by atoms with van der Waals surface area (Å²) in [7, 11) is 0. The molecule has 5 heteroatoms. The zero-order valence-electron chi connectivity index (χ0n) is 10.9. The van der Waals surface area contributed by atoms with Gasteiger partial charge in [-0.3, -0.25) is 9.97 Å². The van der Waals surface area contributed by atoms with Crippen LogP contribution in [0.1, 0.15) is 12.6 Å². The van der Waals surface area contributed by atoms with E-state index < -0.39 is 0 Å². The van der Waals surface area contributed by atoms with E-state index in [2.05, 4.69) is 15.0 Å². The van der Waals surface area contributed by atoms with Crippen LogP contribution in [0.4, 0.5) is 5.69 Å². The molecule has 2 aromatic heterocycles. The van der Waals surface area contributed by atoms with Gasteiger partial charge in [-0.1, -0.05) is 0 Å². The molecule has 0 aliphatic heterocycles. The highest BCUT2D eigenvalue weighted by atomic mass is 32.2. The van der Waals surface area contributed by atoms with E-state index in [1.54, 1.807) is 30.4 Å². The average molecular weight is 273 g/mol. The van der Waals surface area contributed by atoms with Gasteiger partial charge in [0.05, 0.1) is 30.4 Å². The third-order valence-electron chi connectivity index (χ3n) is 2.34. The largest absolute Gasteiger partial charge is 0.492 e. The summed E-state index contributed by atoms with van der Waals surface area (Å²) in [6.45, 7) is 2.59. The zero-order valence-corrected chi connectivity index (χ0v) is 11.7. The maximum Gasteiger partial charge on any atom is 0.137 e. The van der Waals surface area contributed by atoms with Gasteiger partial charge < -0.3 is 4.74 Å². The monoisotopic (exact) mass is 273 g/mol. The van der Waals surface area contributed by atoms with E-state index in [1.807, 2.05) is 37.4 Å². The van der Waals surface area contributed by atoms with E-state index in [0.29, 0.717) is 6.61 Å². The van der Waals surface area contributed by atoms with Crippen LogP contribution < -0.4 is 4.74 Å². The van der Waals surface area contributed by atoms with Gasteiger partial charge in [0.15, 0.2) is 0 Å². The Morgan fingerprint density at radius 2 is 2.21 bits per heavy atom. The van der Waals surface area contributed by atoms with E-state index in [0.717, 1.165) is 22.2 Å². The van der Waals surface area contributed by atoms with E-state index in [-0.39, 0.29) is 0 Å². The number of ether oxygens (including phenoxy) is 1. The van der Waals surface area contributed by atoms with Crippen LogP contribution in [-0.4, -0.2) is 27.9 Å². The normalized spacial score (nSPS) is 11.4. The number of thioether (sulfide) groups is 1. The van der Waals surface area contributed by atoms with Gasteiger partial charge >= 0.3 is 0 Å².